The first-order valence-electron chi connectivity index (χ1n) is 20.3. The Bertz CT molecular complexity index is 1200. The van der Waals surface area contributed by atoms with Crippen LogP contribution in [0.25, 0.3) is 0 Å². The van der Waals surface area contributed by atoms with Gasteiger partial charge in [0.2, 0.25) is 0 Å². The average Bonchev–Trinajstić information content (AvgIpc) is 3.46. The molecule has 4 saturated carbocycles. The number of carbonyl (C=O) groups is 4. The summed E-state index contributed by atoms with van der Waals surface area (Å²) in [5.41, 5.74) is 16.7. The van der Waals surface area contributed by atoms with Gasteiger partial charge in [0.1, 0.15) is 24.9 Å². The van der Waals surface area contributed by atoms with Crippen molar-refractivity contribution in [2.45, 2.75) is 135 Å². The van der Waals surface area contributed by atoms with Gasteiger partial charge in [-0.2, -0.15) is 0 Å². The standard InChI is InChI=1S/C40H70N4O8/c1-26(12-15-34(45)49-22-21-44(4)5)29-13-14-30-38-31(25-33(40(29,30)3)52-37(48)11-8-20-43)39(2)17-16-28(50-35(46)9-6-18-41)23-27(39)24-32(38)51-36(47)10-7-19-42/h26-33,38H,6-25,41-43H2,1-5H3/t26-,27?,28-,29-,30+,31+,32-,33+,38?,39+,40-/m1/s1. The van der Waals surface area contributed by atoms with E-state index in [2.05, 4.69) is 20.8 Å². The fourth-order valence-corrected chi connectivity index (χ4v) is 10.9. The minimum Gasteiger partial charge on any atom is -0.464 e. The van der Waals surface area contributed by atoms with E-state index in [1.54, 1.807) is 0 Å². The van der Waals surface area contributed by atoms with E-state index in [4.69, 9.17) is 36.1 Å². The molecule has 2 unspecified atom stereocenters. The van der Waals surface area contributed by atoms with Crippen LogP contribution in [-0.2, 0) is 38.1 Å². The number of esters is 4. The van der Waals surface area contributed by atoms with Gasteiger partial charge in [-0.15, -0.1) is 0 Å². The maximum atomic E-state index is 13.4. The predicted octanol–water partition coefficient (Wildman–Crippen LogP) is 4.34. The van der Waals surface area contributed by atoms with Crippen LogP contribution < -0.4 is 17.2 Å². The summed E-state index contributed by atoms with van der Waals surface area (Å²) in [6, 6.07) is 0. The number of rotatable bonds is 19. The van der Waals surface area contributed by atoms with Gasteiger partial charge in [-0.3, -0.25) is 19.2 Å². The Morgan fingerprint density at radius 2 is 1.37 bits per heavy atom. The topological polar surface area (TPSA) is 186 Å². The first-order chi connectivity index (χ1) is 24.8. The number of carbonyl (C=O) groups excluding carboxylic acids is 4. The highest BCUT2D eigenvalue weighted by atomic mass is 16.6. The van der Waals surface area contributed by atoms with Crippen LogP contribution >= 0.6 is 0 Å². The third-order valence-electron chi connectivity index (χ3n) is 13.7. The van der Waals surface area contributed by atoms with Crippen LogP contribution in [-0.4, -0.2) is 94.0 Å². The van der Waals surface area contributed by atoms with Gasteiger partial charge in [0.25, 0.3) is 0 Å². The third-order valence-corrected chi connectivity index (χ3v) is 13.7. The van der Waals surface area contributed by atoms with Crippen molar-refractivity contribution in [3.8, 4) is 0 Å². The first-order valence-corrected chi connectivity index (χ1v) is 20.3. The monoisotopic (exact) mass is 735 g/mol. The van der Waals surface area contributed by atoms with E-state index >= 15 is 0 Å². The summed E-state index contributed by atoms with van der Waals surface area (Å²) < 4.78 is 24.5. The minimum atomic E-state index is -0.366. The lowest BCUT2D eigenvalue weighted by molar-refractivity contribution is -0.226. The predicted molar refractivity (Wildman–Crippen MR) is 198 cm³/mol. The SMILES string of the molecule is C[C@H](CCC(=O)OCCN(C)C)[C@H]1CC[C@H]2C3[C@H](OC(=O)CCCN)CC4C[C@H](OC(=O)CCCN)CC[C@]4(C)[C@H]3C[C@H](OC(=O)CCCN)[C@]12C. The molecule has 0 heterocycles. The smallest absolute Gasteiger partial charge is 0.306 e. The Labute approximate surface area is 312 Å². The summed E-state index contributed by atoms with van der Waals surface area (Å²) in [5, 5.41) is 0. The molecule has 0 aromatic carbocycles. The van der Waals surface area contributed by atoms with Crippen LogP contribution in [0.1, 0.15) is 117 Å². The van der Waals surface area contributed by atoms with E-state index in [0.717, 1.165) is 38.5 Å². The number of hydrogen-bond acceptors (Lipinski definition) is 12. The molecule has 0 aromatic rings. The lowest BCUT2D eigenvalue weighted by atomic mass is 9.43. The molecule has 4 aliphatic rings. The average molecular weight is 735 g/mol. The van der Waals surface area contributed by atoms with Gasteiger partial charge in [0.15, 0.2) is 0 Å². The first kappa shape index (κ1) is 42.5. The van der Waals surface area contributed by atoms with Crippen molar-refractivity contribution in [1.82, 2.24) is 4.90 Å². The molecule has 12 heteroatoms. The molecule has 4 fully saturated rings. The fourth-order valence-electron chi connectivity index (χ4n) is 10.9. The molecular formula is C40H70N4O8. The summed E-state index contributed by atoms with van der Waals surface area (Å²) in [5.74, 6) is 0.176. The van der Waals surface area contributed by atoms with Crippen molar-refractivity contribution < 1.29 is 38.1 Å². The summed E-state index contributed by atoms with van der Waals surface area (Å²) in [4.78, 5) is 54.1. The number of likely N-dealkylation sites (N-methyl/N-ethyl adjacent to an activating group) is 1. The highest BCUT2D eigenvalue weighted by molar-refractivity contribution is 5.70. The normalized spacial score (nSPS) is 34.4. The molecule has 6 N–H and O–H groups in total. The van der Waals surface area contributed by atoms with Crippen molar-refractivity contribution in [2.75, 3.05) is 46.9 Å². The van der Waals surface area contributed by atoms with Crippen molar-refractivity contribution >= 4 is 23.9 Å². The molecule has 0 radical (unpaired) electrons. The second-order valence-electron chi connectivity index (χ2n) is 17.1. The van der Waals surface area contributed by atoms with Crippen molar-refractivity contribution in [1.29, 1.82) is 0 Å². The van der Waals surface area contributed by atoms with E-state index in [0.29, 0.717) is 77.7 Å². The fraction of sp³-hybridized carbons (Fsp3) is 0.900. The van der Waals surface area contributed by atoms with Gasteiger partial charge < -0.3 is 41.0 Å². The summed E-state index contributed by atoms with van der Waals surface area (Å²) in [6.07, 6.45) is 8.53. The van der Waals surface area contributed by atoms with E-state index < -0.39 is 0 Å². The van der Waals surface area contributed by atoms with Crippen molar-refractivity contribution in [2.24, 2.45) is 63.5 Å². The summed E-state index contributed by atoms with van der Waals surface area (Å²) in [6.45, 7) is 9.25. The Hall–Kier alpha value is -2.28. The van der Waals surface area contributed by atoms with Crippen LogP contribution in [0.5, 0.6) is 0 Å². The number of nitrogens with zero attached hydrogens (tertiary/aromatic N) is 1. The highest BCUT2D eigenvalue weighted by Gasteiger charge is 2.67. The molecule has 0 amide bonds. The Morgan fingerprint density at radius 3 is 1.98 bits per heavy atom. The zero-order valence-corrected chi connectivity index (χ0v) is 32.8. The molecule has 0 bridgehead atoms. The van der Waals surface area contributed by atoms with Crippen molar-refractivity contribution in [3.05, 3.63) is 0 Å². The van der Waals surface area contributed by atoms with Gasteiger partial charge in [-0.25, -0.2) is 0 Å². The molecule has 52 heavy (non-hydrogen) atoms. The molecule has 4 aliphatic carbocycles. The molecule has 0 aromatic heterocycles. The maximum absolute atomic E-state index is 13.4. The second-order valence-corrected chi connectivity index (χ2v) is 17.1. The highest BCUT2D eigenvalue weighted by Crippen LogP contribution is 2.69. The second kappa shape index (κ2) is 19.4. The molecule has 0 spiro atoms. The number of hydrogen-bond donors (Lipinski definition) is 3. The zero-order chi connectivity index (χ0) is 38.1. The summed E-state index contributed by atoms with van der Waals surface area (Å²) in [7, 11) is 3.90. The molecule has 0 saturated heterocycles. The Balaban J connectivity index is 1.64. The molecule has 4 rings (SSSR count). The number of ether oxygens (including phenoxy) is 4. The van der Waals surface area contributed by atoms with Crippen LogP contribution in [0.3, 0.4) is 0 Å². The van der Waals surface area contributed by atoms with Gasteiger partial charge in [-0.05, 0) is 139 Å². The molecular weight excluding hydrogens is 664 g/mol. The number of fused-ring (bicyclic) bond motifs is 5. The Kier molecular flexibility index (Phi) is 15.8. The molecule has 298 valence electrons. The van der Waals surface area contributed by atoms with Crippen LogP contribution in [0, 0.1) is 46.3 Å². The van der Waals surface area contributed by atoms with E-state index in [1.807, 2.05) is 19.0 Å². The lowest BCUT2D eigenvalue weighted by Gasteiger charge is -2.64. The minimum absolute atomic E-state index is 0.101. The number of nitrogens with two attached hydrogens (primary N) is 3. The van der Waals surface area contributed by atoms with E-state index in [-0.39, 0.29) is 101 Å². The largest absolute Gasteiger partial charge is 0.464 e. The molecule has 0 aliphatic heterocycles. The third kappa shape index (κ3) is 10.1. The van der Waals surface area contributed by atoms with Gasteiger partial charge in [0.05, 0.1) is 0 Å². The van der Waals surface area contributed by atoms with Gasteiger partial charge in [0, 0.05) is 43.6 Å². The van der Waals surface area contributed by atoms with Crippen molar-refractivity contribution in [3.63, 3.8) is 0 Å². The van der Waals surface area contributed by atoms with Gasteiger partial charge >= 0.3 is 23.9 Å². The molecule has 12 nitrogen and oxygen atoms in total. The Morgan fingerprint density at radius 1 is 0.750 bits per heavy atom. The lowest BCUT2D eigenvalue weighted by Crippen LogP contribution is -2.63. The van der Waals surface area contributed by atoms with E-state index in [1.165, 1.54) is 0 Å². The van der Waals surface area contributed by atoms with Crippen LogP contribution in [0.15, 0.2) is 0 Å². The zero-order valence-electron chi connectivity index (χ0n) is 32.8. The quantitative estimate of drug-likeness (QED) is 0.126. The van der Waals surface area contributed by atoms with Crippen LogP contribution in [0.4, 0.5) is 0 Å². The van der Waals surface area contributed by atoms with E-state index in [9.17, 15) is 19.2 Å². The van der Waals surface area contributed by atoms with Crippen LogP contribution in [0.2, 0.25) is 0 Å². The maximum Gasteiger partial charge on any atom is 0.306 e. The summed E-state index contributed by atoms with van der Waals surface area (Å²) >= 11 is 0. The van der Waals surface area contributed by atoms with Gasteiger partial charge in [-0.1, -0.05) is 20.8 Å². The molecule has 11 atom stereocenters.